The van der Waals surface area contributed by atoms with Gasteiger partial charge in [-0.2, -0.15) is 0 Å². The van der Waals surface area contributed by atoms with Gasteiger partial charge in [-0.15, -0.1) is 0 Å². The van der Waals surface area contributed by atoms with Gasteiger partial charge in [-0.1, -0.05) is 0 Å². The van der Waals surface area contributed by atoms with Crippen LogP contribution < -0.4 is 0 Å². The summed E-state index contributed by atoms with van der Waals surface area (Å²) in [6, 6.07) is 0. The molecule has 18 heteroatoms. The van der Waals surface area contributed by atoms with Gasteiger partial charge in [-0.3, -0.25) is 0 Å². The van der Waals surface area contributed by atoms with Crippen LogP contribution in [-0.4, -0.2) is 109 Å². The van der Waals surface area contributed by atoms with E-state index < -0.39 is 23.5 Å². The van der Waals surface area contributed by atoms with Crippen LogP contribution in [0.5, 0.6) is 0 Å². The van der Waals surface area contributed by atoms with E-state index >= 15 is 0 Å². The summed E-state index contributed by atoms with van der Waals surface area (Å²) in [5, 5.41) is 0. The van der Waals surface area contributed by atoms with Crippen molar-refractivity contribution in [3.8, 4) is 0 Å². The van der Waals surface area contributed by atoms with Gasteiger partial charge in [0.25, 0.3) is 0 Å². The number of phosphoric acid groups is 3. The second-order valence-electron chi connectivity index (χ2n) is 1.54. The molecule has 0 saturated carbocycles. The van der Waals surface area contributed by atoms with E-state index in [2.05, 4.69) is 0 Å². The van der Waals surface area contributed by atoms with Crippen LogP contribution in [-0.2, 0) is 13.7 Å². The fourth-order valence-corrected chi connectivity index (χ4v) is 0. The standard InChI is InChI=1S/2Na.3H3O4P.H2O.2H/c;;3*1-5(2,3)4;;;/h;;3*(H3,1,2,3,4);1H2;;. The number of rotatable bonds is 0. The summed E-state index contributed by atoms with van der Waals surface area (Å²) in [6.07, 6.45) is 0. The molecule has 0 atom stereocenters. The van der Waals surface area contributed by atoms with Crippen LogP contribution in [0.25, 0.3) is 0 Å². The molecule has 0 rings (SSSR count). The first-order valence-corrected chi connectivity index (χ1v) is 7.04. The monoisotopic (exact) mass is 360 g/mol. The molecule has 11 N–H and O–H groups in total. The van der Waals surface area contributed by atoms with Gasteiger partial charge in [0, 0.05) is 0 Å². The van der Waals surface area contributed by atoms with Gasteiger partial charge in [0.2, 0.25) is 0 Å². The third kappa shape index (κ3) is 1040. The van der Waals surface area contributed by atoms with Crippen molar-refractivity contribution in [3.63, 3.8) is 0 Å². The molecule has 0 aliphatic heterocycles. The molecule has 0 saturated heterocycles. The van der Waals surface area contributed by atoms with E-state index in [0.717, 1.165) is 0 Å². The Labute approximate surface area is 144 Å². The average Bonchev–Trinajstić information content (AvgIpc) is 1.41. The van der Waals surface area contributed by atoms with Crippen molar-refractivity contribution in [2.75, 3.05) is 0 Å². The van der Waals surface area contributed by atoms with Gasteiger partial charge in [0.1, 0.15) is 0 Å². The topological polar surface area (TPSA) is 265 Å². The first-order valence-electron chi connectivity index (χ1n) is 2.35. The molecule has 0 bridgehead atoms. The molecule has 0 aromatic heterocycles. The zero-order valence-electron chi connectivity index (χ0n) is 7.09. The summed E-state index contributed by atoms with van der Waals surface area (Å²) in [7, 11) is -13.9. The van der Waals surface area contributed by atoms with Crippen molar-refractivity contribution in [1.29, 1.82) is 0 Å². The molecule has 108 valence electrons. The molecule has 0 radical (unpaired) electrons. The summed E-state index contributed by atoms with van der Waals surface area (Å²) >= 11 is 0. The Hall–Kier alpha value is 2.29. The molecule has 0 aromatic carbocycles. The molecule has 18 heavy (non-hydrogen) atoms. The maximum atomic E-state index is 8.88. The SMILES string of the molecule is O.O=P(O)(O)O.O=P(O)(O)O.O=P(O)(O)O.[NaH].[NaH]. The summed E-state index contributed by atoms with van der Waals surface area (Å²) in [5.41, 5.74) is 0. The van der Waals surface area contributed by atoms with Crippen LogP contribution >= 0.6 is 23.5 Å². The van der Waals surface area contributed by atoms with Crippen molar-refractivity contribution in [3.05, 3.63) is 0 Å². The van der Waals surface area contributed by atoms with E-state index in [1.54, 1.807) is 0 Å². The molecule has 0 aromatic rings. The molecule has 0 aliphatic carbocycles. The molecule has 0 amide bonds. The Morgan fingerprint density at radius 1 is 0.444 bits per heavy atom. The zero-order chi connectivity index (χ0) is 13.5. The Morgan fingerprint density at radius 3 is 0.444 bits per heavy atom. The van der Waals surface area contributed by atoms with Gasteiger partial charge in [-0.25, -0.2) is 13.7 Å². The second-order valence-corrected chi connectivity index (χ2v) is 4.62. The van der Waals surface area contributed by atoms with Gasteiger partial charge in [0.15, 0.2) is 0 Å². The van der Waals surface area contributed by atoms with E-state index in [1.807, 2.05) is 0 Å². The molecular formula is H13Na2O13P3. The Balaban J connectivity index is -0.0000000277. The first kappa shape index (κ1) is 37.0. The fraction of sp³-hybridized carbons (Fsp3) is 0. The second kappa shape index (κ2) is 15.7. The fourth-order valence-electron chi connectivity index (χ4n) is 0. The van der Waals surface area contributed by atoms with Crippen molar-refractivity contribution < 1.29 is 63.2 Å². The molecular weight excluding hydrogens is 347 g/mol. The third-order valence-corrected chi connectivity index (χ3v) is 0. The Morgan fingerprint density at radius 2 is 0.444 bits per heavy atom. The van der Waals surface area contributed by atoms with E-state index in [0.29, 0.717) is 0 Å². The molecule has 0 aliphatic rings. The molecule has 13 nitrogen and oxygen atoms in total. The average molecular weight is 360 g/mol. The minimum atomic E-state index is -4.64. The predicted molar refractivity (Wildman–Crippen MR) is 60.7 cm³/mol. The minimum absolute atomic E-state index is 0. The summed E-state index contributed by atoms with van der Waals surface area (Å²) in [4.78, 5) is 64.7. The first-order chi connectivity index (χ1) is 6.00. The third-order valence-electron chi connectivity index (χ3n) is 0. The van der Waals surface area contributed by atoms with Crippen LogP contribution in [0.2, 0.25) is 0 Å². The molecule has 0 fully saturated rings. The van der Waals surface area contributed by atoms with Gasteiger partial charge >= 0.3 is 82.6 Å². The van der Waals surface area contributed by atoms with E-state index in [4.69, 9.17) is 57.7 Å². The summed E-state index contributed by atoms with van der Waals surface area (Å²) in [6.45, 7) is 0. The van der Waals surface area contributed by atoms with Crippen molar-refractivity contribution in [1.82, 2.24) is 0 Å². The number of hydrogen-bond acceptors (Lipinski definition) is 3. The van der Waals surface area contributed by atoms with Crippen LogP contribution in [0.1, 0.15) is 0 Å². The molecule has 0 heterocycles. The molecule has 0 spiro atoms. The van der Waals surface area contributed by atoms with Gasteiger partial charge < -0.3 is 49.5 Å². The van der Waals surface area contributed by atoms with Crippen LogP contribution in [0.4, 0.5) is 0 Å². The van der Waals surface area contributed by atoms with Crippen molar-refractivity contribution >= 4 is 82.6 Å². The van der Waals surface area contributed by atoms with Gasteiger partial charge in [0.05, 0.1) is 0 Å². The quantitative estimate of drug-likeness (QED) is 0.145. The van der Waals surface area contributed by atoms with E-state index in [1.165, 1.54) is 0 Å². The Kier molecular flexibility index (Phi) is 32.2. The zero-order valence-corrected chi connectivity index (χ0v) is 9.77. The summed E-state index contributed by atoms with van der Waals surface area (Å²) in [5.74, 6) is 0. The van der Waals surface area contributed by atoms with Crippen LogP contribution in [0.15, 0.2) is 0 Å². The van der Waals surface area contributed by atoms with Crippen molar-refractivity contribution in [2.24, 2.45) is 0 Å². The maximum absolute atomic E-state index is 8.88. The molecule has 0 unspecified atom stereocenters. The predicted octanol–water partition coefficient (Wildman–Crippen LogP) is -4.91. The van der Waals surface area contributed by atoms with E-state index in [-0.39, 0.29) is 64.6 Å². The normalized spacial score (nSPS) is 9.83. The van der Waals surface area contributed by atoms with Crippen LogP contribution in [0.3, 0.4) is 0 Å². The van der Waals surface area contributed by atoms with Gasteiger partial charge in [-0.05, 0) is 0 Å². The number of hydrogen-bond donors (Lipinski definition) is 9. The van der Waals surface area contributed by atoms with E-state index in [9.17, 15) is 0 Å². The summed E-state index contributed by atoms with van der Waals surface area (Å²) < 4.78 is 26.6. The Bertz CT molecular complexity index is 206. The van der Waals surface area contributed by atoms with Crippen LogP contribution in [0, 0.1) is 0 Å². The van der Waals surface area contributed by atoms with Crippen molar-refractivity contribution in [2.45, 2.75) is 0 Å².